The lowest BCUT2D eigenvalue weighted by Gasteiger charge is -2.18. The highest BCUT2D eigenvalue weighted by Gasteiger charge is 2.38. The largest absolute Gasteiger partial charge is 0.508 e. The third-order valence-electron chi connectivity index (χ3n) is 9.94. The molecule has 62 heavy (non-hydrogen) atoms. The number of carbonyl (C=O) groups excluding carboxylic acids is 1. The molecule has 0 bridgehead atoms. The predicted octanol–water partition coefficient (Wildman–Crippen LogP) is 4.33. The molecule has 20 nitrogen and oxygen atoms in total. The number of phosphoric ester groups is 1. The van der Waals surface area contributed by atoms with Crippen molar-refractivity contribution in [2.24, 2.45) is 0 Å². The molecule has 8 N–H and O–H groups in total. The second kappa shape index (κ2) is 18.0. The van der Waals surface area contributed by atoms with Gasteiger partial charge in [0, 0.05) is 77.3 Å². The van der Waals surface area contributed by atoms with Crippen LogP contribution in [0.1, 0.15) is 41.4 Å². The number of phosphoric acid groups is 1. The number of nitrogens with one attached hydrogen (secondary N) is 2. The number of phenolic OH excluding ortho intramolecular Hbond substituents is 1. The summed E-state index contributed by atoms with van der Waals surface area (Å²) in [7, 11) is -4.65. The van der Waals surface area contributed by atoms with Gasteiger partial charge in [0.15, 0.2) is 11.3 Å². The van der Waals surface area contributed by atoms with Crippen LogP contribution >= 0.6 is 19.6 Å². The number of ether oxygens (including phenoxy) is 1. The third kappa shape index (κ3) is 9.63. The van der Waals surface area contributed by atoms with Gasteiger partial charge in [0.05, 0.1) is 29.8 Å². The van der Waals surface area contributed by atoms with E-state index in [1.165, 1.54) is 67.7 Å². The van der Waals surface area contributed by atoms with Gasteiger partial charge < -0.3 is 44.9 Å². The SMILES string of the molecule is Cc1cn([C@H]2C[C@@H](O)[C@@H](COP(=O)(O)OCCSc3cc(O)n(CCCC(=O)Nc4ccc(-c5c6ccc(=O)cc-6oc6cc(O)ccc56)c(C(=O)O)c4)c3O)O2)c(=O)[nH]c1=O. The average Bonchev–Trinajstić information content (AvgIpc) is 3.72. The number of fused-ring (bicyclic) bond motifs is 2. The first-order chi connectivity index (χ1) is 29.5. The number of carboxylic acid groups (broad SMARTS) is 1. The average molecular weight is 895 g/mol. The van der Waals surface area contributed by atoms with Crippen LogP contribution in [0.15, 0.2) is 90.6 Å². The lowest BCUT2D eigenvalue weighted by Crippen LogP contribution is -2.33. The van der Waals surface area contributed by atoms with Gasteiger partial charge in [-0.2, -0.15) is 0 Å². The van der Waals surface area contributed by atoms with Gasteiger partial charge in [-0.1, -0.05) is 6.07 Å². The number of rotatable bonds is 16. The maximum absolute atomic E-state index is 13.0. The van der Waals surface area contributed by atoms with Crippen molar-refractivity contribution in [1.82, 2.24) is 14.1 Å². The van der Waals surface area contributed by atoms with E-state index in [4.69, 9.17) is 18.2 Å². The molecule has 0 saturated carbocycles. The van der Waals surface area contributed by atoms with Crippen molar-refractivity contribution in [3.63, 3.8) is 0 Å². The number of anilines is 1. The summed E-state index contributed by atoms with van der Waals surface area (Å²) in [4.78, 5) is 74.0. The molecule has 1 fully saturated rings. The number of aromatic nitrogens is 3. The molecule has 4 heterocycles. The minimum atomic E-state index is -4.65. The molecule has 22 heteroatoms. The molecule has 2 aliphatic heterocycles. The van der Waals surface area contributed by atoms with Crippen LogP contribution in [-0.4, -0.2) is 87.6 Å². The van der Waals surface area contributed by atoms with Gasteiger partial charge in [0.25, 0.3) is 5.56 Å². The highest BCUT2D eigenvalue weighted by molar-refractivity contribution is 7.99. The molecule has 4 aromatic rings. The van der Waals surface area contributed by atoms with Crippen molar-refractivity contribution in [1.29, 1.82) is 0 Å². The minimum absolute atomic E-state index is 0.00732. The molecule has 0 spiro atoms. The Hall–Kier alpha value is -6.19. The van der Waals surface area contributed by atoms with Gasteiger partial charge in [-0.25, -0.2) is 14.2 Å². The molecular weight excluding hydrogens is 855 g/mol. The van der Waals surface area contributed by atoms with E-state index < -0.39 is 56.0 Å². The minimum Gasteiger partial charge on any atom is -0.508 e. The van der Waals surface area contributed by atoms with Crippen LogP contribution < -0.4 is 22.0 Å². The molecule has 7 rings (SSSR count). The van der Waals surface area contributed by atoms with E-state index in [9.17, 15) is 59.0 Å². The van der Waals surface area contributed by atoms with Crippen LogP contribution in [0.4, 0.5) is 5.69 Å². The molecule has 3 aliphatic rings. The van der Waals surface area contributed by atoms with Gasteiger partial charge in [-0.3, -0.25) is 37.5 Å². The van der Waals surface area contributed by atoms with E-state index in [-0.39, 0.29) is 99.7 Å². The highest BCUT2D eigenvalue weighted by atomic mass is 32.2. The second-order valence-electron chi connectivity index (χ2n) is 14.2. The zero-order valence-electron chi connectivity index (χ0n) is 32.5. The lowest BCUT2D eigenvalue weighted by molar-refractivity contribution is -0.116. The fraction of sp³-hybridized carbons (Fsp3) is 0.275. The zero-order valence-corrected chi connectivity index (χ0v) is 34.3. The Morgan fingerprint density at radius 2 is 1.79 bits per heavy atom. The van der Waals surface area contributed by atoms with Crippen molar-refractivity contribution in [2.75, 3.05) is 24.3 Å². The number of carboxylic acids is 1. The fourth-order valence-electron chi connectivity index (χ4n) is 6.96. The predicted molar refractivity (Wildman–Crippen MR) is 222 cm³/mol. The molecule has 1 saturated heterocycles. The van der Waals surface area contributed by atoms with E-state index in [1.54, 1.807) is 6.07 Å². The van der Waals surface area contributed by atoms with E-state index in [0.29, 0.717) is 16.5 Å². The van der Waals surface area contributed by atoms with E-state index in [2.05, 4.69) is 10.3 Å². The molecule has 2 aromatic heterocycles. The molecule has 2 aromatic carbocycles. The highest BCUT2D eigenvalue weighted by Crippen LogP contribution is 2.45. The van der Waals surface area contributed by atoms with Crippen molar-refractivity contribution in [3.8, 4) is 40.0 Å². The standard InChI is InChI=1S/C40H39N4O16PS/c1-20-18-44(40(54)42-37(20)50)35-16-28(47)31(60-35)19-58-61(55,56)57-11-12-62-32-17-34(49)43(38(32)51)10-2-3-33(48)41-21-4-7-24(27(13-21)39(52)53)36-25-8-5-22(45)14-29(25)59-30-15-23(46)6-9-26(30)36/h4-9,13-15,17-18,28,31,35,45,47,49,51H,2-3,10-12,16,19H2,1H3,(H,41,48)(H,52,53)(H,55,56)(H,42,50,54)/t28-,31-,35-/m1/s1. The Morgan fingerprint density at radius 3 is 2.56 bits per heavy atom. The van der Waals surface area contributed by atoms with Gasteiger partial charge in [-0.05, 0) is 55.3 Å². The van der Waals surface area contributed by atoms with Gasteiger partial charge in [0.1, 0.15) is 29.4 Å². The molecule has 326 valence electrons. The number of aliphatic hydroxyl groups excluding tert-OH is 1. The number of phenols is 1. The molecule has 4 atom stereocenters. The summed E-state index contributed by atoms with van der Waals surface area (Å²) in [6, 6.07) is 14.1. The fourth-order valence-corrected chi connectivity index (χ4v) is 8.63. The quantitative estimate of drug-likeness (QED) is 0.0290. The summed E-state index contributed by atoms with van der Waals surface area (Å²) >= 11 is 0.991. The Kier molecular flexibility index (Phi) is 12.8. The van der Waals surface area contributed by atoms with Crippen LogP contribution in [0.2, 0.25) is 0 Å². The topological polar surface area (TPSA) is 302 Å². The Balaban J connectivity index is 0.902. The smallest absolute Gasteiger partial charge is 0.472 e. The van der Waals surface area contributed by atoms with Crippen molar-refractivity contribution in [3.05, 3.63) is 109 Å². The van der Waals surface area contributed by atoms with Gasteiger partial charge >= 0.3 is 19.5 Å². The molecule has 1 amide bonds. The summed E-state index contributed by atoms with van der Waals surface area (Å²) < 4.78 is 36.3. The van der Waals surface area contributed by atoms with Crippen LogP contribution in [0.3, 0.4) is 0 Å². The first-order valence-corrected chi connectivity index (χ1v) is 21.3. The van der Waals surface area contributed by atoms with Gasteiger partial charge in [-0.15, -0.1) is 11.8 Å². The second-order valence-corrected chi connectivity index (χ2v) is 16.8. The van der Waals surface area contributed by atoms with Crippen LogP contribution in [0.25, 0.3) is 33.4 Å². The van der Waals surface area contributed by atoms with Crippen molar-refractivity contribution < 1.29 is 62.8 Å². The number of aryl methyl sites for hydroxylation is 1. The number of H-pyrrole nitrogens is 1. The summed E-state index contributed by atoms with van der Waals surface area (Å²) in [6.45, 7) is 0.607. The molecular formula is C40H39N4O16PS. The Morgan fingerprint density at radius 1 is 1.02 bits per heavy atom. The third-order valence-corrected chi connectivity index (χ3v) is 11.9. The van der Waals surface area contributed by atoms with Gasteiger partial charge in [0.2, 0.25) is 11.8 Å². The Labute approximate surface area is 353 Å². The Bertz CT molecular complexity index is 2890. The number of nitrogens with zero attached hydrogens (tertiary/aromatic N) is 2. The first kappa shape index (κ1) is 43.9. The molecule has 1 aliphatic carbocycles. The monoisotopic (exact) mass is 894 g/mol. The molecule has 1 unspecified atom stereocenters. The van der Waals surface area contributed by atoms with E-state index in [1.807, 2.05) is 0 Å². The van der Waals surface area contributed by atoms with Crippen molar-refractivity contribution in [2.45, 2.75) is 56.1 Å². The number of aromatic carboxylic acids is 1. The number of benzene rings is 3. The normalized spacial score (nSPS) is 17.4. The van der Waals surface area contributed by atoms with E-state index in [0.717, 1.165) is 20.9 Å². The van der Waals surface area contributed by atoms with Crippen LogP contribution in [-0.2, 0) is 29.7 Å². The summed E-state index contributed by atoms with van der Waals surface area (Å²) in [5, 5.41) is 55.1. The number of hydrogen-bond acceptors (Lipinski definition) is 15. The zero-order chi connectivity index (χ0) is 44.5. The maximum atomic E-state index is 13.0. The summed E-state index contributed by atoms with van der Waals surface area (Å²) in [6.07, 6.45) is -1.92. The number of carbonyl (C=O) groups is 2. The first-order valence-electron chi connectivity index (χ1n) is 18.9. The number of aromatic amines is 1. The number of amides is 1. The number of hydrogen-bond donors (Lipinski definition) is 8. The van der Waals surface area contributed by atoms with Crippen LogP contribution in [0, 0.1) is 6.92 Å². The number of aliphatic hydroxyl groups is 1. The summed E-state index contributed by atoms with van der Waals surface area (Å²) in [5.74, 6) is -2.30. The number of aromatic hydroxyl groups is 3. The molecule has 0 radical (unpaired) electrons. The van der Waals surface area contributed by atoms with E-state index >= 15 is 0 Å². The maximum Gasteiger partial charge on any atom is 0.472 e. The summed E-state index contributed by atoms with van der Waals surface area (Å²) in [5.41, 5.74) is 0.0179. The lowest BCUT2D eigenvalue weighted by atomic mass is 9.90. The number of thioether (sulfide) groups is 1. The van der Waals surface area contributed by atoms with Crippen molar-refractivity contribution >= 4 is 48.1 Å². The van der Waals surface area contributed by atoms with Crippen LogP contribution in [0.5, 0.6) is 17.5 Å².